The lowest BCUT2D eigenvalue weighted by atomic mass is 10.0. The van der Waals surface area contributed by atoms with Crippen LogP contribution in [0.2, 0.25) is 0 Å². The van der Waals surface area contributed by atoms with Gasteiger partial charge in [0.2, 0.25) is 11.8 Å². The normalized spacial score (nSPS) is 18.5. The van der Waals surface area contributed by atoms with E-state index in [0.717, 1.165) is 22.5 Å². The number of aryl methyl sites for hydroxylation is 2. The molecule has 2 N–H and O–H groups in total. The van der Waals surface area contributed by atoms with Crippen molar-refractivity contribution >= 4 is 23.2 Å². The van der Waals surface area contributed by atoms with Crippen LogP contribution in [-0.2, 0) is 9.59 Å². The molecule has 0 saturated heterocycles. The lowest BCUT2D eigenvalue weighted by Crippen LogP contribution is -2.21. The first-order valence-corrected chi connectivity index (χ1v) is 9.14. The van der Waals surface area contributed by atoms with Crippen LogP contribution >= 0.6 is 0 Å². The first kappa shape index (κ1) is 18.2. The van der Waals surface area contributed by atoms with Gasteiger partial charge in [0.1, 0.15) is 0 Å². The maximum Gasteiger partial charge on any atom is 0.228 e. The third-order valence-electron chi connectivity index (χ3n) is 5.08. The minimum absolute atomic E-state index is 0.0710. The third kappa shape index (κ3) is 3.96. The van der Waals surface area contributed by atoms with Gasteiger partial charge in [-0.25, -0.2) is 0 Å². The second-order valence-electron chi connectivity index (χ2n) is 7.47. The molecule has 2 unspecified atom stereocenters. The van der Waals surface area contributed by atoms with Crippen molar-refractivity contribution in [2.45, 2.75) is 40.0 Å². The molecule has 0 aliphatic heterocycles. The molecule has 2 aromatic carbocycles. The molecule has 1 aliphatic carbocycles. The van der Waals surface area contributed by atoms with Gasteiger partial charge in [0, 0.05) is 11.4 Å². The van der Waals surface area contributed by atoms with Crippen LogP contribution < -0.4 is 10.6 Å². The van der Waals surface area contributed by atoms with Crippen molar-refractivity contribution in [2.75, 3.05) is 10.6 Å². The number of hydrogen-bond acceptors (Lipinski definition) is 2. The number of carbonyl (C=O) groups excluding carboxylic acids is 2. The molecule has 1 saturated carbocycles. The molecule has 4 heteroatoms. The van der Waals surface area contributed by atoms with E-state index in [2.05, 4.69) is 24.5 Å². The average Bonchev–Trinajstić information content (AvgIpc) is 3.39. The van der Waals surface area contributed by atoms with Crippen LogP contribution in [0, 0.1) is 25.7 Å². The van der Waals surface area contributed by atoms with E-state index in [0.29, 0.717) is 12.3 Å². The molecule has 1 aliphatic rings. The Morgan fingerprint density at radius 1 is 0.923 bits per heavy atom. The zero-order valence-electron chi connectivity index (χ0n) is 15.8. The van der Waals surface area contributed by atoms with Crippen molar-refractivity contribution in [3.8, 4) is 0 Å². The fraction of sp³-hybridized carbons (Fsp3) is 0.364. The largest absolute Gasteiger partial charge is 0.326 e. The maximum atomic E-state index is 12.5. The second-order valence-corrected chi connectivity index (χ2v) is 7.47. The molecule has 1 fully saturated rings. The summed E-state index contributed by atoms with van der Waals surface area (Å²) in [6.45, 7) is 8.26. The number of anilines is 2. The van der Waals surface area contributed by atoms with Crippen LogP contribution in [0.3, 0.4) is 0 Å². The standard InChI is InChI=1S/C22H26N2O2/c1-13(2)17-7-5-6-8-20(17)24-22(26)19-12-18(19)21(25)23-16-10-9-14(3)15(4)11-16/h5-11,13,18-19H,12H2,1-4H3,(H,23,25)(H,24,26). The van der Waals surface area contributed by atoms with Gasteiger partial charge in [-0.15, -0.1) is 0 Å². The van der Waals surface area contributed by atoms with Crippen molar-refractivity contribution in [1.82, 2.24) is 0 Å². The van der Waals surface area contributed by atoms with Crippen LogP contribution in [0.5, 0.6) is 0 Å². The Bertz CT molecular complexity index is 842. The van der Waals surface area contributed by atoms with Crippen molar-refractivity contribution in [3.63, 3.8) is 0 Å². The molecule has 4 nitrogen and oxygen atoms in total. The first-order valence-electron chi connectivity index (χ1n) is 9.14. The highest BCUT2D eigenvalue weighted by atomic mass is 16.2. The van der Waals surface area contributed by atoms with Crippen LogP contribution in [0.1, 0.15) is 42.9 Å². The molecule has 0 bridgehead atoms. The van der Waals surface area contributed by atoms with E-state index in [1.807, 2.05) is 56.3 Å². The molecule has 0 aromatic heterocycles. The summed E-state index contributed by atoms with van der Waals surface area (Å²) < 4.78 is 0. The van der Waals surface area contributed by atoms with Crippen molar-refractivity contribution in [1.29, 1.82) is 0 Å². The van der Waals surface area contributed by atoms with Crippen LogP contribution in [0.25, 0.3) is 0 Å². The molecule has 136 valence electrons. The van der Waals surface area contributed by atoms with Gasteiger partial charge in [0.25, 0.3) is 0 Å². The van der Waals surface area contributed by atoms with E-state index in [9.17, 15) is 9.59 Å². The van der Waals surface area contributed by atoms with Gasteiger partial charge in [0.05, 0.1) is 11.8 Å². The summed E-state index contributed by atoms with van der Waals surface area (Å²) in [7, 11) is 0. The molecule has 2 amide bonds. The highest BCUT2D eigenvalue weighted by Crippen LogP contribution is 2.40. The highest BCUT2D eigenvalue weighted by Gasteiger charge is 2.48. The van der Waals surface area contributed by atoms with E-state index >= 15 is 0 Å². The second kappa shape index (κ2) is 7.32. The van der Waals surface area contributed by atoms with Gasteiger partial charge >= 0.3 is 0 Å². The number of para-hydroxylation sites is 1. The number of rotatable bonds is 5. The average molecular weight is 350 g/mol. The van der Waals surface area contributed by atoms with Gasteiger partial charge in [0.15, 0.2) is 0 Å². The summed E-state index contributed by atoms with van der Waals surface area (Å²) in [5.41, 5.74) is 5.06. The third-order valence-corrected chi connectivity index (χ3v) is 5.08. The Kier molecular flexibility index (Phi) is 5.12. The zero-order chi connectivity index (χ0) is 18.8. The fourth-order valence-electron chi connectivity index (χ4n) is 3.17. The molecule has 0 spiro atoms. The summed E-state index contributed by atoms with van der Waals surface area (Å²) in [6, 6.07) is 13.7. The molecule has 0 heterocycles. The predicted octanol–water partition coefficient (Wildman–Crippen LogP) is 4.64. The number of amides is 2. The predicted molar refractivity (Wildman–Crippen MR) is 105 cm³/mol. The van der Waals surface area contributed by atoms with E-state index < -0.39 is 0 Å². The van der Waals surface area contributed by atoms with Crippen LogP contribution in [0.4, 0.5) is 11.4 Å². The Balaban J connectivity index is 1.60. The van der Waals surface area contributed by atoms with Crippen LogP contribution in [-0.4, -0.2) is 11.8 Å². The summed E-state index contributed by atoms with van der Waals surface area (Å²) in [5, 5.41) is 5.93. The van der Waals surface area contributed by atoms with Gasteiger partial charge in [-0.3, -0.25) is 9.59 Å². The fourth-order valence-corrected chi connectivity index (χ4v) is 3.17. The number of carbonyl (C=O) groups is 2. The smallest absolute Gasteiger partial charge is 0.228 e. The van der Waals surface area contributed by atoms with E-state index in [1.165, 1.54) is 5.56 Å². The molecular weight excluding hydrogens is 324 g/mol. The SMILES string of the molecule is Cc1ccc(NC(=O)C2CC2C(=O)Nc2ccccc2C(C)C)cc1C. The summed E-state index contributed by atoms with van der Waals surface area (Å²) in [5.74, 6) is -0.317. The molecule has 3 rings (SSSR count). The Morgan fingerprint density at radius 2 is 1.58 bits per heavy atom. The summed E-state index contributed by atoms with van der Waals surface area (Å²) >= 11 is 0. The number of benzene rings is 2. The Labute approximate surface area is 155 Å². The minimum atomic E-state index is -0.248. The van der Waals surface area contributed by atoms with Crippen molar-refractivity contribution < 1.29 is 9.59 Å². The van der Waals surface area contributed by atoms with Gasteiger partial charge in [-0.1, -0.05) is 38.1 Å². The van der Waals surface area contributed by atoms with Gasteiger partial charge in [-0.05, 0) is 61.1 Å². The molecule has 2 atom stereocenters. The van der Waals surface area contributed by atoms with Crippen molar-refractivity contribution in [2.24, 2.45) is 11.8 Å². The van der Waals surface area contributed by atoms with Gasteiger partial charge in [-0.2, -0.15) is 0 Å². The molecular formula is C22H26N2O2. The lowest BCUT2D eigenvalue weighted by Gasteiger charge is -2.13. The molecule has 26 heavy (non-hydrogen) atoms. The van der Waals surface area contributed by atoms with E-state index in [4.69, 9.17) is 0 Å². The molecule has 2 aromatic rings. The van der Waals surface area contributed by atoms with Gasteiger partial charge < -0.3 is 10.6 Å². The van der Waals surface area contributed by atoms with E-state index in [-0.39, 0.29) is 23.7 Å². The quantitative estimate of drug-likeness (QED) is 0.825. The highest BCUT2D eigenvalue weighted by molar-refractivity contribution is 6.03. The number of hydrogen-bond donors (Lipinski definition) is 2. The summed E-state index contributed by atoms with van der Waals surface area (Å²) in [6.07, 6.45) is 0.604. The number of nitrogens with one attached hydrogen (secondary N) is 2. The summed E-state index contributed by atoms with van der Waals surface area (Å²) in [4.78, 5) is 24.9. The monoisotopic (exact) mass is 350 g/mol. The Morgan fingerprint density at radius 3 is 2.23 bits per heavy atom. The Hall–Kier alpha value is -2.62. The van der Waals surface area contributed by atoms with Crippen LogP contribution in [0.15, 0.2) is 42.5 Å². The topological polar surface area (TPSA) is 58.2 Å². The minimum Gasteiger partial charge on any atom is -0.326 e. The van der Waals surface area contributed by atoms with Crippen molar-refractivity contribution in [3.05, 3.63) is 59.2 Å². The lowest BCUT2D eigenvalue weighted by molar-refractivity contribution is -0.122. The maximum absolute atomic E-state index is 12.5. The van der Waals surface area contributed by atoms with E-state index in [1.54, 1.807) is 0 Å². The molecule has 0 radical (unpaired) electrons. The zero-order valence-corrected chi connectivity index (χ0v) is 15.8. The first-order chi connectivity index (χ1) is 12.4.